The van der Waals surface area contributed by atoms with Crippen LogP contribution in [-0.4, -0.2) is 118 Å². The summed E-state index contributed by atoms with van der Waals surface area (Å²) in [6.07, 6.45) is 4.76. The average Bonchev–Trinajstić information content (AvgIpc) is 0.739. The quantitative estimate of drug-likeness (QED) is 0.0326. The number of sulfone groups is 1. The van der Waals surface area contributed by atoms with Gasteiger partial charge in [0.15, 0.2) is 49.7 Å². The fourth-order valence-electron chi connectivity index (χ4n) is 14.9. The van der Waals surface area contributed by atoms with Crippen molar-refractivity contribution in [2.75, 3.05) is 68.4 Å². The van der Waals surface area contributed by atoms with E-state index in [-0.39, 0.29) is 109 Å². The molecule has 0 unspecified atom stereocenters. The van der Waals surface area contributed by atoms with Crippen LogP contribution in [0.25, 0.3) is 0 Å². The lowest BCUT2D eigenvalue weighted by molar-refractivity contribution is -0.118. The van der Waals surface area contributed by atoms with Crippen molar-refractivity contribution in [3.05, 3.63) is 205 Å². The Bertz CT molecular complexity index is 4040. The van der Waals surface area contributed by atoms with Gasteiger partial charge < -0.3 is 45.6 Å². The summed E-state index contributed by atoms with van der Waals surface area (Å²) in [5.74, 6) is -3.93. The summed E-state index contributed by atoms with van der Waals surface area (Å²) in [6, 6.07) is 28.9. The van der Waals surface area contributed by atoms with Crippen LogP contribution in [0, 0.1) is 52.7 Å². The van der Waals surface area contributed by atoms with Crippen molar-refractivity contribution >= 4 is 91.0 Å². The van der Waals surface area contributed by atoms with Gasteiger partial charge >= 0.3 is 0 Å². The molecule has 0 aromatic heterocycles. The minimum Gasteiger partial charge on any atom is -0.490 e. The topological polar surface area (TPSA) is 236 Å². The number of amides is 3. The highest BCUT2D eigenvalue weighted by atomic mass is 35.5. The van der Waals surface area contributed by atoms with E-state index in [9.17, 15) is 40.8 Å². The summed E-state index contributed by atoms with van der Waals surface area (Å²) in [7, 11) is -3.54. The third-order valence-corrected chi connectivity index (χ3v) is 23.9. The third kappa shape index (κ3) is 19.3. The van der Waals surface area contributed by atoms with Crippen molar-refractivity contribution in [2.24, 2.45) is 35.0 Å². The molecule has 6 aliphatic rings. The Morgan fingerprint density at radius 2 is 0.822 bits per heavy atom. The molecule has 0 aliphatic carbocycles. The second-order valence-electron chi connectivity index (χ2n) is 25.8. The predicted octanol–water partition coefficient (Wildman–Crippen LogP) is 13.7. The standard InChI is InChI=1S/C24H26ClF2NO5S.C24H26ClF2NO3S.C23H23ClF2O3S.C3H5NO/c25-16-3-1-15(2-4-16)13-24-9-10-32-20(7-11-34(30,31)12-8-21(28)29)17(24)14-33-23-19(27)6-5-18(26)22(23)24;25-16-3-1-15(2-4-16)13-24-9-10-30-20(7-11-32-12-8-21(28)29)17(24)14-31-23-19(27)6-5-18(26)22(23)24;1-14(27)30-11-8-20-17-13-29-22-19(26)7-6-18(25)21(22)23(17,9-10-28-20)12-15-2-4-16(24)5-3-15;1-2-3(4)5/h1-6,17,20H,7-14H2,(H2,28,29);1-6,17,20H,7-14H2,(H2,28,29);2-7,17,20H,8-13H2,1H3;2H,1H2,(H2,4,5)/t2*17-,20-,24-;17-,20-,23-;/m000./s1. The zero-order valence-corrected chi connectivity index (χ0v) is 60.2. The number of halogens is 9. The van der Waals surface area contributed by atoms with Crippen LogP contribution in [0.5, 0.6) is 17.2 Å². The van der Waals surface area contributed by atoms with Gasteiger partial charge in [-0.1, -0.05) is 89.5 Å². The lowest BCUT2D eigenvalue weighted by atomic mass is 9.60. The number of thioether (sulfide) groups is 2. The zero-order valence-electron chi connectivity index (χ0n) is 55.5. The van der Waals surface area contributed by atoms with E-state index in [1.54, 1.807) is 23.9 Å². The van der Waals surface area contributed by atoms with E-state index in [0.717, 1.165) is 59.2 Å². The smallest absolute Gasteiger partial charge is 0.240 e. The Morgan fingerprint density at radius 1 is 0.495 bits per heavy atom. The van der Waals surface area contributed by atoms with Gasteiger partial charge in [0.25, 0.3) is 0 Å². The Hall–Kier alpha value is -6.48. The summed E-state index contributed by atoms with van der Waals surface area (Å²) in [4.78, 5) is 42.8. The third-order valence-electron chi connectivity index (χ3n) is 19.6. The Labute approximate surface area is 607 Å². The molecule has 6 heterocycles. The molecule has 3 fully saturated rings. The molecule has 12 rings (SSSR count). The largest absolute Gasteiger partial charge is 0.490 e. The number of ether oxygens (including phenoxy) is 6. The van der Waals surface area contributed by atoms with Gasteiger partial charge in [-0.25, -0.2) is 34.8 Å². The number of nitrogens with two attached hydrogens (primary N) is 3. The van der Waals surface area contributed by atoms with E-state index in [0.29, 0.717) is 102 Å². The first-order chi connectivity index (χ1) is 48.2. The number of benzene rings is 6. The van der Waals surface area contributed by atoms with E-state index in [1.807, 2.05) is 60.7 Å². The number of fused-ring (bicyclic) bond motifs is 9. The van der Waals surface area contributed by atoms with E-state index in [4.69, 9.17) is 74.7 Å². The molecule has 0 saturated carbocycles. The van der Waals surface area contributed by atoms with E-state index in [1.165, 1.54) is 30.8 Å². The number of carbonyl (C=O) groups is 4. The van der Waals surface area contributed by atoms with Crippen LogP contribution in [0.4, 0.5) is 26.3 Å². The van der Waals surface area contributed by atoms with E-state index in [2.05, 4.69) is 12.3 Å². The molecule has 27 heteroatoms. The zero-order chi connectivity index (χ0) is 72.8. The van der Waals surface area contributed by atoms with Crippen molar-refractivity contribution in [1.82, 2.24) is 0 Å². The fraction of sp³-hybridized carbons (Fsp3) is 0.432. The molecule has 6 aromatic rings. The highest BCUT2D eigenvalue weighted by molar-refractivity contribution is 8.13. The highest BCUT2D eigenvalue weighted by Crippen LogP contribution is 2.56. The molecule has 544 valence electrons. The maximum absolute atomic E-state index is 15.3. The summed E-state index contributed by atoms with van der Waals surface area (Å²) in [6.45, 7) is 6.34. The Balaban J connectivity index is 0.000000171. The van der Waals surface area contributed by atoms with Gasteiger partial charge in [-0.3, -0.25) is 19.2 Å². The Kier molecular flexibility index (Phi) is 27.5. The molecule has 6 aromatic carbocycles. The van der Waals surface area contributed by atoms with Crippen molar-refractivity contribution in [2.45, 2.75) is 112 Å². The Morgan fingerprint density at radius 3 is 1.15 bits per heavy atom. The molecular formula is C74H80Cl3F6N3O12S3. The molecule has 101 heavy (non-hydrogen) atoms. The van der Waals surface area contributed by atoms with Crippen molar-refractivity contribution in [1.29, 1.82) is 0 Å². The van der Waals surface area contributed by atoms with Crippen molar-refractivity contribution < 1.29 is 82.4 Å². The minimum atomic E-state index is -3.54. The number of hydrogen-bond donors (Lipinski definition) is 3. The maximum atomic E-state index is 15.3. The number of hydrogen-bond acceptors (Lipinski definition) is 14. The molecule has 9 atom stereocenters. The monoisotopic (exact) mass is 1520 g/mol. The average molecular weight is 1520 g/mol. The summed E-state index contributed by atoms with van der Waals surface area (Å²) in [5.41, 5.74) is 16.4. The normalized spacial score (nSPS) is 23.6. The fourth-order valence-corrected chi connectivity index (χ4v) is 18.2. The van der Waals surface area contributed by atoms with Gasteiger partial charge in [0.05, 0.1) is 49.6 Å². The van der Waals surface area contributed by atoms with E-state index < -0.39 is 84.8 Å². The number of rotatable bonds is 22. The van der Waals surface area contributed by atoms with Gasteiger partial charge in [0.2, 0.25) is 17.7 Å². The van der Waals surface area contributed by atoms with Crippen LogP contribution in [0.15, 0.2) is 122 Å². The maximum Gasteiger partial charge on any atom is 0.240 e. The lowest BCUT2D eigenvalue weighted by Crippen LogP contribution is -2.55. The summed E-state index contributed by atoms with van der Waals surface area (Å²) in [5, 5.41) is 1.87. The molecule has 6 aliphatic heterocycles. The second-order valence-corrected chi connectivity index (χ2v) is 31.9. The van der Waals surface area contributed by atoms with Crippen LogP contribution >= 0.6 is 58.3 Å². The first-order valence-electron chi connectivity index (χ1n) is 33.0. The predicted molar refractivity (Wildman–Crippen MR) is 380 cm³/mol. The van der Waals surface area contributed by atoms with Crippen molar-refractivity contribution in [3.8, 4) is 17.2 Å². The molecule has 0 bridgehead atoms. The molecule has 15 nitrogen and oxygen atoms in total. The van der Waals surface area contributed by atoms with Gasteiger partial charge in [-0.2, -0.15) is 11.8 Å². The molecule has 0 spiro atoms. The SMILES string of the molecule is C=CC(N)=O.CC(=O)SCC[C@@H]1OCC[C@@]2(Cc3ccc(Cl)cc3)c3c(F)ccc(F)c3OC[C@@H]12.NC(=O)CCS(=O)(=O)CC[C@@H]1OCC[C@@]2(Cc3ccc(Cl)cc3)c3c(F)ccc(F)c3OC[C@@H]12.NC(=O)CCSCC[C@@H]1OCC[C@@]2(Cc3ccc(Cl)cc3)c3c(F)ccc(F)c3OC[C@@H]12. The molecule has 3 amide bonds. The van der Waals surface area contributed by atoms with Crippen LogP contribution in [0.3, 0.4) is 0 Å². The summed E-state index contributed by atoms with van der Waals surface area (Å²) < 4.78 is 150. The highest BCUT2D eigenvalue weighted by Gasteiger charge is 2.56. The summed E-state index contributed by atoms with van der Waals surface area (Å²) >= 11 is 21.0. The number of primary amides is 3. The van der Waals surface area contributed by atoms with Crippen molar-refractivity contribution in [3.63, 3.8) is 0 Å². The molecular weight excluding hydrogens is 1440 g/mol. The van der Waals surface area contributed by atoms with Gasteiger partial charge in [-0.05, 0) is 159 Å². The first kappa shape index (κ1) is 78.7. The van der Waals surface area contributed by atoms with Crippen LogP contribution in [0.2, 0.25) is 15.1 Å². The van der Waals surface area contributed by atoms with Gasteiger partial charge in [0, 0.05) is 117 Å². The molecule has 6 N–H and O–H groups in total. The van der Waals surface area contributed by atoms with E-state index >= 15 is 13.2 Å². The molecule has 3 saturated heterocycles. The lowest BCUT2D eigenvalue weighted by Gasteiger charge is -2.51. The van der Waals surface area contributed by atoms with Crippen LogP contribution in [-0.2, 0) is 78.7 Å². The van der Waals surface area contributed by atoms with Crippen LogP contribution < -0.4 is 31.4 Å². The van der Waals surface area contributed by atoms with Gasteiger partial charge in [0.1, 0.15) is 17.5 Å². The van der Waals surface area contributed by atoms with Gasteiger partial charge in [-0.15, -0.1) is 0 Å². The molecule has 0 radical (unpaired) electrons. The minimum absolute atomic E-state index is 0.0129. The van der Waals surface area contributed by atoms with Crippen LogP contribution in [0.1, 0.15) is 91.7 Å². The second kappa shape index (κ2) is 35.3. The number of carbonyl (C=O) groups excluding carboxylic acids is 4. The first-order valence-corrected chi connectivity index (χ1v) is 38.1.